The first-order valence-electron chi connectivity index (χ1n) is 13.3. The fraction of sp³-hybridized carbons (Fsp3) is 0.344. The van der Waals surface area contributed by atoms with Gasteiger partial charge in [0.15, 0.2) is 0 Å². The second-order valence-corrected chi connectivity index (χ2v) is 10.6. The highest BCUT2D eigenvalue weighted by Gasteiger charge is 2.30. The van der Waals surface area contributed by atoms with Crippen molar-refractivity contribution in [3.05, 3.63) is 89.5 Å². The second-order valence-electron chi connectivity index (χ2n) is 10.6. The van der Waals surface area contributed by atoms with Gasteiger partial charge in [-0.3, -0.25) is 4.79 Å². The number of hydrogen-bond donors (Lipinski definition) is 1. The van der Waals surface area contributed by atoms with Crippen LogP contribution in [0.2, 0.25) is 0 Å². The Morgan fingerprint density at radius 2 is 1.45 bits per heavy atom. The van der Waals surface area contributed by atoms with Crippen molar-refractivity contribution in [1.82, 2.24) is 5.32 Å². The summed E-state index contributed by atoms with van der Waals surface area (Å²) in [4.78, 5) is 38.2. The minimum absolute atomic E-state index is 0.000550. The molecule has 0 spiro atoms. The first-order valence-corrected chi connectivity index (χ1v) is 13.3. The smallest absolute Gasteiger partial charge is 0.407 e. The lowest BCUT2D eigenvalue weighted by Gasteiger charge is -2.21. The van der Waals surface area contributed by atoms with Gasteiger partial charge in [-0.2, -0.15) is 0 Å². The standard InChI is InChI=1S/C32H35NO7/c1-32(2,3)40-29(34)18-17-28(30(35)38-19-21-13-15-22(37-4)16-14-21)33-31(36)39-20-27-25-11-7-5-9-23(25)24-10-6-8-12-26(24)27/h5-16,27-28H,17-20H2,1-4H3,(H,33,36)/t28-/m1/s1. The van der Waals surface area contributed by atoms with E-state index >= 15 is 0 Å². The molecule has 1 N–H and O–H groups in total. The summed E-state index contributed by atoms with van der Waals surface area (Å²) in [5.74, 6) is -0.592. The first kappa shape index (κ1) is 28.7. The Morgan fingerprint density at radius 1 is 0.850 bits per heavy atom. The van der Waals surface area contributed by atoms with E-state index in [9.17, 15) is 14.4 Å². The molecule has 1 atom stereocenters. The third-order valence-corrected chi connectivity index (χ3v) is 6.52. The molecule has 40 heavy (non-hydrogen) atoms. The van der Waals surface area contributed by atoms with Crippen molar-refractivity contribution in [3.8, 4) is 16.9 Å². The van der Waals surface area contributed by atoms with Gasteiger partial charge in [0.2, 0.25) is 0 Å². The van der Waals surface area contributed by atoms with E-state index in [1.54, 1.807) is 52.1 Å². The molecule has 0 radical (unpaired) electrons. The molecule has 1 amide bonds. The molecule has 0 unspecified atom stereocenters. The van der Waals surface area contributed by atoms with Crippen molar-refractivity contribution >= 4 is 18.0 Å². The van der Waals surface area contributed by atoms with E-state index in [1.807, 2.05) is 36.4 Å². The number of esters is 2. The largest absolute Gasteiger partial charge is 0.497 e. The Bertz CT molecular complexity index is 1300. The molecule has 3 aromatic rings. The molecule has 0 bridgehead atoms. The number of fused-ring (bicyclic) bond motifs is 3. The van der Waals surface area contributed by atoms with Crippen LogP contribution in [0.3, 0.4) is 0 Å². The van der Waals surface area contributed by atoms with Gasteiger partial charge in [0.1, 0.15) is 30.6 Å². The summed E-state index contributed by atoms with van der Waals surface area (Å²) in [6, 6.07) is 22.0. The van der Waals surface area contributed by atoms with Gasteiger partial charge in [0.25, 0.3) is 0 Å². The monoisotopic (exact) mass is 545 g/mol. The Hall–Kier alpha value is -4.33. The van der Waals surface area contributed by atoms with Crippen molar-refractivity contribution in [2.45, 2.75) is 57.8 Å². The molecule has 4 rings (SSSR count). The molecule has 0 heterocycles. The van der Waals surface area contributed by atoms with Crippen LogP contribution in [0.4, 0.5) is 4.79 Å². The zero-order chi connectivity index (χ0) is 28.7. The molecule has 1 aliphatic carbocycles. The molecule has 3 aromatic carbocycles. The lowest BCUT2D eigenvalue weighted by Crippen LogP contribution is -2.43. The Balaban J connectivity index is 1.40. The molecule has 210 valence electrons. The number of ether oxygens (including phenoxy) is 4. The topological polar surface area (TPSA) is 100 Å². The zero-order valence-electron chi connectivity index (χ0n) is 23.3. The van der Waals surface area contributed by atoms with Crippen LogP contribution in [0.25, 0.3) is 11.1 Å². The summed E-state index contributed by atoms with van der Waals surface area (Å²) < 4.78 is 21.6. The van der Waals surface area contributed by atoms with E-state index in [0.29, 0.717) is 5.75 Å². The number of rotatable bonds is 10. The molecule has 0 aliphatic heterocycles. The summed E-state index contributed by atoms with van der Waals surface area (Å²) in [6.45, 7) is 5.39. The van der Waals surface area contributed by atoms with Crippen LogP contribution in [-0.4, -0.2) is 43.4 Å². The molecule has 0 saturated heterocycles. The predicted molar refractivity (Wildman–Crippen MR) is 150 cm³/mol. The third kappa shape index (κ3) is 7.40. The predicted octanol–water partition coefficient (Wildman–Crippen LogP) is 5.77. The van der Waals surface area contributed by atoms with Crippen LogP contribution in [0, 0.1) is 0 Å². The minimum atomic E-state index is -1.10. The van der Waals surface area contributed by atoms with E-state index in [4.69, 9.17) is 18.9 Å². The van der Waals surface area contributed by atoms with Crippen molar-refractivity contribution < 1.29 is 33.3 Å². The van der Waals surface area contributed by atoms with Gasteiger partial charge < -0.3 is 24.3 Å². The van der Waals surface area contributed by atoms with E-state index in [0.717, 1.165) is 27.8 Å². The summed E-state index contributed by atoms with van der Waals surface area (Å²) in [7, 11) is 1.57. The van der Waals surface area contributed by atoms with Gasteiger partial charge in [0.05, 0.1) is 7.11 Å². The SMILES string of the molecule is COc1ccc(COC(=O)[C@@H](CCC(=O)OC(C)(C)C)NC(=O)OCC2c3ccccc3-c3ccccc32)cc1. The Labute approximate surface area is 234 Å². The van der Waals surface area contributed by atoms with Crippen molar-refractivity contribution in [2.24, 2.45) is 0 Å². The van der Waals surface area contributed by atoms with E-state index < -0.39 is 29.7 Å². The fourth-order valence-electron chi connectivity index (χ4n) is 4.66. The molecular formula is C32H35NO7. The summed E-state index contributed by atoms with van der Waals surface area (Å²) in [5.41, 5.74) is 4.48. The molecule has 0 aromatic heterocycles. The average Bonchev–Trinajstić information content (AvgIpc) is 3.25. The Kier molecular flexibility index (Phi) is 9.09. The fourth-order valence-corrected chi connectivity index (χ4v) is 4.66. The maximum Gasteiger partial charge on any atom is 0.407 e. The van der Waals surface area contributed by atoms with Crippen LogP contribution in [0.5, 0.6) is 5.75 Å². The Morgan fingerprint density at radius 3 is 2.02 bits per heavy atom. The van der Waals surface area contributed by atoms with Crippen LogP contribution < -0.4 is 10.1 Å². The van der Waals surface area contributed by atoms with Crippen molar-refractivity contribution in [2.75, 3.05) is 13.7 Å². The number of carbonyl (C=O) groups is 3. The van der Waals surface area contributed by atoms with E-state index in [1.165, 1.54) is 0 Å². The van der Waals surface area contributed by atoms with Crippen LogP contribution in [0.15, 0.2) is 72.8 Å². The molecule has 8 nitrogen and oxygen atoms in total. The zero-order valence-corrected chi connectivity index (χ0v) is 23.3. The maximum absolute atomic E-state index is 13.0. The second kappa shape index (κ2) is 12.7. The van der Waals surface area contributed by atoms with Crippen molar-refractivity contribution in [3.63, 3.8) is 0 Å². The summed E-state index contributed by atoms with van der Waals surface area (Å²) >= 11 is 0. The van der Waals surface area contributed by atoms with Gasteiger partial charge >= 0.3 is 18.0 Å². The number of benzene rings is 3. The van der Waals surface area contributed by atoms with Crippen molar-refractivity contribution in [1.29, 1.82) is 0 Å². The lowest BCUT2D eigenvalue weighted by molar-refractivity contribution is -0.155. The van der Waals surface area contributed by atoms with Gasteiger partial charge in [-0.15, -0.1) is 0 Å². The third-order valence-electron chi connectivity index (χ3n) is 6.52. The number of nitrogens with one attached hydrogen (secondary N) is 1. The number of alkyl carbamates (subject to hydrolysis) is 1. The highest BCUT2D eigenvalue weighted by molar-refractivity contribution is 5.83. The van der Waals surface area contributed by atoms with Crippen LogP contribution in [0.1, 0.15) is 56.2 Å². The molecule has 1 aliphatic rings. The number of amides is 1. The van der Waals surface area contributed by atoms with Gasteiger partial charge in [-0.1, -0.05) is 60.7 Å². The minimum Gasteiger partial charge on any atom is -0.497 e. The highest BCUT2D eigenvalue weighted by Crippen LogP contribution is 2.44. The normalized spacial score (nSPS) is 13.0. The van der Waals surface area contributed by atoms with Gasteiger partial charge in [-0.05, 0) is 67.1 Å². The molecule has 0 fully saturated rings. The van der Waals surface area contributed by atoms with E-state index in [2.05, 4.69) is 17.4 Å². The first-order chi connectivity index (χ1) is 19.1. The van der Waals surface area contributed by atoms with Crippen LogP contribution in [-0.2, 0) is 30.4 Å². The van der Waals surface area contributed by atoms with Gasteiger partial charge in [-0.25, -0.2) is 9.59 Å². The number of methoxy groups -OCH3 is 1. The number of hydrogen-bond acceptors (Lipinski definition) is 7. The van der Waals surface area contributed by atoms with Crippen LogP contribution >= 0.6 is 0 Å². The molecular weight excluding hydrogens is 510 g/mol. The quantitative estimate of drug-likeness (QED) is 0.255. The number of carbonyl (C=O) groups excluding carboxylic acids is 3. The highest BCUT2D eigenvalue weighted by atomic mass is 16.6. The molecule has 0 saturated carbocycles. The summed E-state index contributed by atoms with van der Waals surface area (Å²) in [6.07, 6.45) is -0.846. The summed E-state index contributed by atoms with van der Waals surface area (Å²) in [5, 5.41) is 2.60. The maximum atomic E-state index is 13.0. The van der Waals surface area contributed by atoms with E-state index in [-0.39, 0.29) is 32.0 Å². The molecule has 8 heteroatoms. The average molecular weight is 546 g/mol. The van der Waals surface area contributed by atoms with Gasteiger partial charge in [0, 0.05) is 12.3 Å². The lowest BCUT2D eigenvalue weighted by atomic mass is 9.98.